The number of fused-ring (bicyclic) bond motifs is 1. The zero-order valence-electron chi connectivity index (χ0n) is 10.8. The average molecular weight is 266 g/mol. The molecule has 0 N–H and O–H groups in total. The molecule has 3 nitrogen and oxygen atoms in total. The fourth-order valence-corrected chi connectivity index (χ4v) is 2.73. The SMILES string of the molecule is CCC(C)CSCC(=O)c1ccc2c(c1)OCO2. The van der Waals surface area contributed by atoms with Gasteiger partial charge in [0.2, 0.25) is 6.79 Å². The summed E-state index contributed by atoms with van der Waals surface area (Å²) in [5.41, 5.74) is 0.705. The van der Waals surface area contributed by atoms with E-state index in [0.29, 0.717) is 23.0 Å². The highest BCUT2D eigenvalue weighted by molar-refractivity contribution is 7.99. The van der Waals surface area contributed by atoms with Crippen molar-refractivity contribution in [1.82, 2.24) is 0 Å². The van der Waals surface area contributed by atoms with Gasteiger partial charge in [-0.25, -0.2) is 0 Å². The number of thioether (sulfide) groups is 1. The number of ether oxygens (including phenoxy) is 2. The predicted molar refractivity (Wildman–Crippen MR) is 73.7 cm³/mol. The van der Waals surface area contributed by atoms with Crippen LogP contribution in [0.2, 0.25) is 0 Å². The second kappa shape index (κ2) is 6.14. The molecular weight excluding hydrogens is 248 g/mol. The molecular formula is C14H18O3S. The molecule has 0 spiro atoms. The van der Waals surface area contributed by atoms with E-state index in [9.17, 15) is 4.79 Å². The Labute approximate surface area is 112 Å². The summed E-state index contributed by atoms with van der Waals surface area (Å²) >= 11 is 1.70. The Hall–Kier alpha value is -1.16. The van der Waals surface area contributed by atoms with Crippen LogP contribution in [0.15, 0.2) is 18.2 Å². The van der Waals surface area contributed by atoms with Crippen LogP contribution in [0.3, 0.4) is 0 Å². The second-order valence-corrected chi connectivity index (χ2v) is 5.55. The van der Waals surface area contributed by atoms with Crippen molar-refractivity contribution in [2.45, 2.75) is 20.3 Å². The van der Waals surface area contributed by atoms with Crippen molar-refractivity contribution >= 4 is 17.5 Å². The maximum Gasteiger partial charge on any atom is 0.231 e. The molecule has 0 amide bonds. The lowest BCUT2D eigenvalue weighted by atomic mass is 10.1. The van der Waals surface area contributed by atoms with Crippen molar-refractivity contribution in [2.75, 3.05) is 18.3 Å². The summed E-state index contributed by atoms with van der Waals surface area (Å²) in [5, 5.41) is 0. The first kappa shape index (κ1) is 13.3. The summed E-state index contributed by atoms with van der Waals surface area (Å²) in [6, 6.07) is 5.38. The first-order chi connectivity index (χ1) is 8.70. The number of rotatable bonds is 6. The van der Waals surface area contributed by atoms with Crippen LogP contribution in [0.5, 0.6) is 11.5 Å². The smallest absolute Gasteiger partial charge is 0.231 e. The number of hydrogen-bond acceptors (Lipinski definition) is 4. The number of ketones is 1. The van der Waals surface area contributed by atoms with Crippen LogP contribution in [0, 0.1) is 5.92 Å². The van der Waals surface area contributed by atoms with Crippen LogP contribution in [0.4, 0.5) is 0 Å². The quantitative estimate of drug-likeness (QED) is 0.739. The lowest BCUT2D eigenvalue weighted by molar-refractivity contribution is 0.102. The standard InChI is InChI=1S/C14H18O3S/c1-3-10(2)7-18-8-12(15)11-4-5-13-14(6-11)17-9-16-13/h4-6,10H,3,7-9H2,1-2H3. The summed E-state index contributed by atoms with van der Waals surface area (Å²) in [6.45, 7) is 4.62. The molecule has 18 heavy (non-hydrogen) atoms. The molecule has 0 saturated heterocycles. The number of hydrogen-bond donors (Lipinski definition) is 0. The molecule has 1 aromatic rings. The minimum Gasteiger partial charge on any atom is -0.454 e. The van der Waals surface area contributed by atoms with Crippen molar-refractivity contribution in [1.29, 1.82) is 0 Å². The maximum atomic E-state index is 12.0. The number of benzene rings is 1. The Morgan fingerprint density at radius 3 is 2.94 bits per heavy atom. The minimum atomic E-state index is 0.154. The fourth-order valence-electron chi connectivity index (χ4n) is 1.62. The molecule has 1 aliphatic rings. The molecule has 1 aromatic carbocycles. The normalized spacial score (nSPS) is 14.6. The van der Waals surface area contributed by atoms with Crippen molar-refractivity contribution in [3.8, 4) is 11.5 Å². The third-order valence-corrected chi connectivity index (χ3v) is 4.30. The molecule has 2 rings (SSSR count). The predicted octanol–water partition coefficient (Wildman–Crippen LogP) is 3.38. The van der Waals surface area contributed by atoms with E-state index in [-0.39, 0.29) is 12.6 Å². The molecule has 1 unspecified atom stereocenters. The summed E-state index contributed by atoms with van der Waals surface area (Å²) < 4.78 is 10.5. The molecule has 0 aliphatic carbocycles. The molecule has 98 valence electrons. The van der Waals surface area contributed by atoms with Gasteiger partial charge in [-0.3, -0.25) is 4.79 Å². The van der Waals surface area contributed by atoms with E-state index in [2.05, 4.69) is 13.8 Å². The van der Waals surface area contributed by atoms with Crippen molar-refractivity contribution in [3.05, 3.63) is 23.8 Å². The van der Waals surface area contributed by atoms with Gasteiger partial charge in [0.05, 0.1) is 5.75 Å². The van der Waals surface area contributed by atoms with Crippen LogP contribution in [0.25, 0.3) is 0 Å². The van der Waals surface area contributed by atoms with E-state index in [0.717, 1.165) is 17.9 Å². The Bertz CT molecular complexity index is 431. The zero-order chi connectivity index (χ0) is 13.0. The van der Waals surface area contributed by atoms with E-state index in [1.165, 1.54) is 0 Å². The van der Waals surface area contributed by atoms with Gasteiger partial charge < -0.3 is 9.47 Å². The van der Waals surface area contributed by atoms with Gasteiger partial charge in [0, 0.05) is 5.56 Å². The molecule has 1 heterocycles. The van der Waals surface area contributed by atoms with Crippen molar-refractivity contribution in [3.63, 3.8) is 0 Å². The fraction of sp³-hybridized carbons (Fsp3) is 0.500. The van der Waals surface area contributed by atoms with Gasteiger partial charge in [-0.05, 0) is 29.9 Å². The van der Waals surface area contributed by atoms with Crippen LogP contribution >= 0.6 is 11.8 Å². The van der Waals surface area contributed by atoms with Gasteiger partial charge in [-0.15, -0.1) is 0 Å². The van der Waals surface area contributed by atoms with Crippen LogP contribution in [-0.4, -0.2) is 24.1 Å². The highest BCUT2D eigenvalue weighted by atomic mass is 32.2. The molecule has 0 fully saturated rings. The van der Waals surface area contributed by atoms with Crippen molar-refractivity contribution in [2.24, 2.45) is 5.92 Å². The second-order valence-electron chi connectivity index (χ2n) is 4.52. The summed E-state index contributed by atoms with van der Waals surface area (Å²) in [7, 11) is 0. The summed E-state index contributed by atoms with van der Waals surface area (Å²) in [6.07, 6.45) is 1.16. The van der Waals surface area contributed by atoms with Crippen molar-refractivity contribution < 1.29 is 14.3 Å². The topological polar surface area (TPSA) is 35.5 Å². The third kappa shape index (κ3) is 3.19. The van der Waals surface area contributed by atoms with Gasteiger partial charge in [-0.2, -0.15) is 11.8 Å². The van der Waals surface area contributed by atoms with E-state index in [4.69, 9.17) is 9.47 Å². The van der Waals surface area contributed by atoms with Gasteiger partial charge in [0.25, 0.3) is 0 Å². The number of Topliss-reactive ketones (excluding diaryl/α,β-unsaturated/α-hetero) is 1. The summed E-state index contributed by atoms with van der Waals surface area (Å²) in [5.74, 6) is 3.78. The Balaban J connectivity index is 1.89. The molecule has 0 aromatic heterocycles. The highest BCUT2D eigenvalue weighted by Crippen LogP contribution is 2.32. The molecule has 4 heteroatoms. The first-order valence-corrected chi connectivity index (χ1v) is 7.36. The monoisotopic (exact) mass is 266 g/mol. The highest BCUT2D eigenvalue weighted by Gasteiger charge is 2.16. The largest absolute Gasteiger partial charge is 0.454 e. The lowest BCUT2D eigenvalue weighted by Crippen LogP contribution is -2.05. The van der Waals surface area contributed by atoms with Crippen LogP contribution in [0.1, 0.15) is 30.6 Å². The molecule has 1 aliphatic heterocycles. The van der Waals surface area contributed by atoms with Gasteiger partial charge in [0.1, 0.15) is 0 Å². The molecule has 1 atom stereocenters. The Morgan fingerprint density at radius 2 is 2.17 bits per heavy atom. The Kier molecular flexibility index (Phi) is 4.53. The van der Waals surface area contributed by atoms with E-state index < -0.39 is 0 Å². The van der Waals surface area contributed by atoms with Crippen LogP contribution in [-0.2, 0) is 0 Å². The molecule has 0 bridgehead atoms. The lowest BCUT2D eigenvalue weighted by Gasteiger charge is -2.07. The van der Waals surface area contributed by atoms with E-state index in [1.54, 1.807) is 30.0 Å². The van der Waals surface area contributed by atoms with Gasteiger partial charge in [-0.1, -0.05) is 20.3 Å². The van der Waals surface area contributed by atoms with Gasteiger partial charge >= 0.3 is 0 Å². The van der Waals surface area contributed by atoms with E-state index in [1.807, 2.05) is 0 Å². The minimum absolute atomic E-state index is 0.154. The average Bonchev–Trinajstić information content (AvgIpc) is 2.85. The third-order valence-electron chi connectivity index (χ3n) is 3.03. The number of carbonyl (C=O) groups excluding carboxylic acids is 1. The summed E-state index contributed by atoms with van der Waals surface area (Å²) in [4.78, 5) is 12.0. The maximum absolute atomic E-state index is 12.0. The zero-order valence-corrected chi connectivity index (χ0v) is 11.6. The first-order valence-electron chi connectivity index (χ1n) is 6.21. The van der Waals surface area contributed by atoms with Gasteiger partial charge in [0.15, 0.2) is 17.3 Å². The van der Waals surface area contributed by atoms with Crippen LogP contribution < -0.4 is 9.47 Å². The van der Waals surface area contributed by atoms with E-state index >= 15 is 0 Å². The molecule has 0 saturated carbocycles. The number of carbonyl (C=O) groups is 1. The molecule has 0 radical (unpaired) electrons. The Morgan fingerprint density at radius 1 is 1.39 bits per heavy atom.